The number of hydrogen-bond acceptors (Lipinski definition) is 5. The molecule has 2 N–H and O–H groups in total. The molecule has 2 aromatic heterocycles. The molecule has 2 heterocycles. The van der Waals surface area contributed by atoms with Crippen LogP contribution in [-0.2, 0) is 13.0 Å². The number of nitrogens with zero attached hydrogens (tertiary/aromatic N) is 3. The molecule has 0 spiro atoms. The van der Waals surface area contributed by atoms with Gasteiger partial charge in [-0.25, -0.2) is 15.0 Å². The van der Waals surface area contributed by atoms with E-state index in [1.165, 1.54) is 5.01 Å². The summed E-state index contributed by atoms with van der Waals surface area (Å²) >= 11 is 3.42. The van der Waals surface area contributed by atoms with E-state index in [4.69, 9.17) is 0 Å². The van der Waals surface area contributed by atoms with Gasteiger partial charge in [-0.2, -0.15) is 0 Å². The molecule has 0 aliphatic carbocycles. The summed E-state index contributed by atoms with van der Waals surface area (Å²) in [5.41, 5.74) is 2.27. The van der Waals surface area contributed by atoms with Crippen LogP contribution in [0.4, 0.5) is 0 Å². The first-order valence-corrected chi connectivity index (χ1v) is 10.2. The minimum atomic E-state index is 0.472. The third kappa shape index (κ3) is 6.20. The molecular formula is C17H27N5S2. The first kappa shape index (κ1) is 18.9. The maximum absolute atomic E-state index is 4.63. The largest absolute Gasteiger partial charge is 0.357 e. The molecule has 0 amide bonds. The minimum Gasteiger partial charge on any atom is -0.357 e. The minimum absolute atomic E-state index is 0.472. The van der Waals surface area contributed by atoms with E-state index in [0.29, 0.717) is 12.5 Å². The summed E-state index contributed by atoms with van der Waals surface area (Å²) < 4.78 is 0. The van der Waals surface area contributed by atoms with E-state index in [2.05, 4.69) is 57.1 Å². The van der Waals surface area contributed by atoms with Gasteiger partial charge in [0, 0.05) is 36.0 Å². The second-order valence-corrected chi connectivity index (χ2v) is 7.81. The number of guanidine groups is 1. The van der Waals surface area contributed by atoms with Crippen LogP contribution < -0.4 is 10.6 Å². The Morgan fingerprint density at radius 2 is 1.96 bits per heavy atom. The number of rotatable bonds is 8. The topological polar surface area (TPSA) is 62.2 Å². The van der Waals surface area contributed by atoms with Gasteiger partial charge >= 0.3 is 0 Å². The van der Waals surface area contributed by atoms with Crippen LogP contribution in [0, 0.1) is 6.92 Å². The lowest BCUT2D eigenvalue weighted by Crippen LogP contribution is -2.37. The zero-order valence-corrected chi connectivity index (χ0v) is 16.6. The molecule has 0 saturated heterocycles. The highest BCUT2D eigenvalue weighted by Crippen LogP contribution is 2.18. The van der Waals surface area contributed by atoms with Crippen LogP contribution in [0.2, 0.25) is 0 Å². The Morgan fingerprint density at radius 3 is 2.58 bits per heavy atom. The van der Waals surface area contributed by atoms with Gasteiger partial charge in [0.2, 0.25) is 0 Å². The van der Waals surface area contributed by atoms with Crippen molar-refractivity contribution in [2.75, 3.05) is 13.1 Å². The maximum atomic E-state index is 4.63. The zero-order chi connectivity index (χ0) is 17.4. The lowest BCUT2D eigenvalue weighted by molar-refractivity contribution is 0.739. The number of aryl methyl sites for hydroxylation is 2. The zero-order valence-electron chi connectivity index (χ0n) is 14.9. The van der Waals surface area contributed by atoms with Gasteiger partial charge in [-0.3, -0.25) is 0 Å². The number of thiazole rings is 2. The molecule has 0 atom stereocenters. The Labute approximate surface area is 152 Å². The fourth-order valence-corrected chi connectivity index (χ4v) is 3.81. The van der Waals surface area contributed by atoms with Crippen LogP contribution in [0.3, 0.4) is 0 Å². The SMILES string of the molecule is CCNC(=NCc1nc(C(C)C)cs1)NCCCc1nc(C)cs1. The van der Waals surface area contributed by atoms with E-state index in [1.54, 1.807) is 22.7 Å². The predicted octanol–water partition coefficient (Wildman–Crippen LogP) is 3.72. The van der Waals surface area contributed by atoms with Gasteiger partial charge in [0.05, 0.1) is 17.2 Å². The fourth-order valence-electron chi connectivity index (χ4n) is 2.12. The van der Waals surface area contributed by atoms with Crippen LogP contribution in [-0.4, -0.2) is 29.0 Å². The van der Waals surface area contributed by atoms with Crippen LogP contribution in [0.25, 0.3) is 0 Å². The highest BCUT2D eigenvalue weighted by Gasteiger charge is 2.06. The van der Waals surface area contributed by atoms with Gasteiger partial charge < -0.3 is 10.6 Å². The summed E-state index contributed by atoms with van der Waals surface area (Å²) in [7, 11) is 0. The predicted molar refractivity (Wildman–Crippen MR) is 104 cm³/mol. The van der Waals surface area contributed by atoms with Gasteiger partial charge in [0.25, 0.3) is 0 Å². The van der Waals surface area contributed by atoms with Crippen molar-refractivity contribution in [2.45, 2.75) is 53.0 Å². The van der Waals surface area contributed by atoms with Crippen molar-refractivity contribution < 1.29 is 0 Å². The monoisotopic (exact) mass is 365 g/mol. The molecule has 5 nitrogen and oxygen atoms in total. The summed E-state index contributed by atoms with van der Waals surface area (Å²) in [5.74, 6) is 1.33. The van der Waals surface area contributed by atoms with Crippen LogP contribution in [0.5, 0.6) is 0 Å². The molecule has 7 heteroatoms. The Balaban J connectivity index is 1.79. The maximum Gasteiger partial charge on any atom is 0.191 e. The van der Waals surface area contributed by atoms with Gasteiger partial charge in [0.1, 0.15) is 5.01 Å². The number of hydrogen-bond donors (Lipinski definition) is 2. The molecule has 0 unspecified atom stereocenters. The lowest BCUT2D eigenvalue weighted by Gasteiger charge is -2.10. The van der Waals surface area contributed by atoms with Gasteiger partial charge in [0.15, 0.2) is 5.96 Å². The average Bonchev–Trinajstić information content (AvgIpc) is 3.18. The summed E-state index contributed by atoms with van der Waals surface area (Å²) in [5, 5.41) is 13.2. The highest BCUT2D eigenvalue weighted by atomic mass is 32.1. The smallest absolute Gasteiger partial charge is 0.191 e. The Hall–Kier alpha value is -1.47. The van der Waals surface area contributed by atoms with Crippen molar-refractivity contribution in [3.63, 3.8) is 0 Å². The average molecular weight is 366 g/mol. The van der Waals surface area contributed by atoms with E-state index in [9.17, 15) is 0 Å². The summed E-state index contributed by atoms with van der Waals surface area (Å²) in [6.45, 7) is 10.8. The lowest BCUT2D eigenvalue weighted by atomic mass is 10.2. The molecule has 2 rings (SSSR count). The fraction of sp³-hybridized carbons (Fsp3) is 0.588. The van der Waals surface area contributed by atoms with E-state index in [1.807, 2.05) is 6.92 Å². The molecule has 0 bridgehead atoms. The molecule has 132 valence electrons. The quantitative estimate of drug-likeness (QED) is 0.425. The number of aromatic nitrogens is 2. The third-order valence-electron chi connectivity index (χ3n) is 3.40. The van der Waals surface area contributed by atoms with Crippen molar-refractivity contribution >= 4 is 28.6 Å². The highest BCUT2D eigenvalue weighted by molar-refractivity contribution is 7.09. The molecule has 0 aromatic carbocycles. The molecule has 24 heavy (non-hydrogen) atoms. The molecular weight excluding hydrogens is 338 g/mol. The number of aliphatic imine (C=N–C) groups is 1. The molecule has 0 saturated carbocycles. The van der Waals surface area contributed by atoms with Crippen LogP contribution >= 0.6 is 22.7 Å². The van der Waals surface area contributed by atoms with E-state index < -0.39 is 0 Å². The Morgan fingerprint density at radius 1 is 1.17 bits per heavy atom. The normalized spacial score (nSPS) is 12.0. The van der Waals surface area contributed by atoms with Crippen molar-refractivity contribution in [2.24, 2.45) is 4.99 Å². The second-order valence-electron chi connectivity index (χ2n) is 5.93. The molecule has 0 aliphatic heterocycles. The molecule has 0 fully saturated rings. The summed E-state index contributed by atoms with van der Waals surface area (Å²) in [6.07, 6.45) is 2.06. The van der Waals surface area contributed by atoms with Crippen molar-refractivity contribution in [3.8, 4) is 0 Å². The molecule has 0 radical (unpaired) electrons. The second kappa shape index (κ2) is 9.74. The van der Waals surface area contributed by atoms with Crippen molar-refractivity contribution in [1.82, 2.24) is 20.6 Å². The van der Waals surface area contributed by atoms with Crippen LogP contribution in [0.15, 0.2) is 15.8 Å². The Bertz CT molecular complexity index is 645. The standard InChI is InChI=1S/C17H27N5S2/c1-5-18-17(19-8-6-7-15-21-13(4)10-23-15)20-9-16-22-14(11-24-16)12(2)3/h10-12H,5-9H2,1-4H3,(H2,18,19,20). The molecule has 0 aliphatic rings. The van der Waals surface area contributed by atoms with Crippen molar-refractivity contribution in [3.05, 3.63) is 32.2 Å². The van der Waals surface area contributed by atoms with E-state index in [0.717, 1.165) is 48.3 Å². The first-order valence-electron chi connectivity index (χ1n) is 8.46. The Kier molecular flexibility index (Phi) is 7.65. The van der Waals surface area contributed by atoms with Gasteiger partial charge in [-0.05, 0) is 26.2 Å². The number of nitrogens with one attached hydrogen (secondary N) is 2. The molecule has 2 aromatic rings. The first-order chi connectivity index (χ1) is 11.6. The third-order valence-corrected chi connectivity index (χ3v) is 5.28. The van der Waals surface area contributed by atoms with Crippen LogP contribution in [0.1, 0.15) is 54.5 Å². The van der Waals surface area contributed by atoms with E-state index in [-0.39, 0.29) is 0 Å². The summed E-state index contributed by atoms with van der Waals surface area (Å²) in [4.78, 5) is 13.8. The van der Waals surface area contributed by atoms with Gasteiger partial charge in [-0.1, -0.05) is 13.8 Å². The van der Waals surface area contributed by atoms with Crippen molar-refractivity contribution in [1.29, 1.82) is 0 Å². The summed E-state index contributed by atoms with van der Waals surface area (Å²) in [6, 6.07) is 0. The van der Waals surface area contributed by atoms with Gasteiger partial charge in [-0.15, -0.1) is 22.7 Å². The van der Waals surface area contributed by atoms with E-state index >= 15 is 0 Å².